The molecule has 0 radical (unpaired) electrons. The van der Waals surface area contributed by atoms with E-state index in [1.165, 1.54) is 20.2 Å². The van der Waals surface area contributed by atoms with Gasteiger partial charge in [0.2, 0.25) is 15.9 Å². The average Bonchev–Trinajstić information content (AvgIpc) is 2.43. The number of sulfonamides is 1. The largest absolute Gasteiger partial charge is 0.396 e. The van der Waals surface area contributed by atoms with Gasteiger partial charge in [-0.2, -0.15) is 0 Å². The fraction of sp³-hybridized carbons (Fsp3) is 0.462. The molecule has 4 N–H and O–H groups in total. The Morgan fingerprint density at radius 1 is 1.38 bits per heavy atom. The second kappa shape index (κ2) is 5.90. The lowest BCUT2D eigenvalue weighted by Crippen LogP contribution is -2.44. The van der Waals surface area contributed by atoms with Crippen LogP contribution in [-0.2, 0) is 14.8 Å². The van der Waals surface area contributed by atoms with Crippen LogP contribution in [0.15, 0.2) is 23.1 Å². The van der Waals surface area contributed by atoms with E-state index in [0.29, 0.717) is 18.7 Å². The van der Waals surface area contributed by atoms with Gasteiger partial charge in [-0.1, -0.05) is 6.07 Å². The predicted octanol–water partition coefficient (Wildman–Crippen LogP) is 0.210. The SMILES string of the molecule is CN(C)S(=O)(=O)c1cccc(NC2CCCNC2=O)c1N. The molecule has 1 aromatic rings. The summed E-state index contributed by atoms with van der Waals surface area (Å²) in [6.07, 6.45) is 1.56. The number of para-hydroxylation sites is 1. The summed E-state index contributed by atoms with van der Waals surface area (Å²) in [5, 5.41) is 5.80. The number of carbonyl (C=O) groups excluding carboxylic acids is 1. The van der Waals surface area contributed by atoms with Crippen LogP contribution < -0.4 is 16.4 Å². The summed E-state index contributed by atoms with van der Waals surface area (Å²) >= 11 is 0. The lowest BCUT2D eigenvalue weighted by Gasteiger charge is -2.25. The molecular weight excluding hydrogens is 292 g/mol. The van der Waals surface area contributed by atoms with Crippen LogP contribution in [0.2, 0.25) is 0 Å². The number of nitrogen functional groups attached to an aromatic ring is 1. The number of anilines is 2. The maximum atomic E-state index is 12.2. The number of rotatable bonds is 4. The zero-order chi connectivity index (χ0) is 15.6. The summed E-state index contributed by atoms with van der Waals surface area (Å²) in [5.74, 6) is -0.0958. The first-order valence-corrected chi connectivity index (χ1v) is 8.13. The number of hydrogen-bond acceptors (Lipinski definition) is 5. The summed E-state index contributed by atoms with van der Waals surface area (Å²) in [5.41, 5.74) is 6.56. The van der Waals surface area contributed by atoms with Gasteiger partial charge in [0.1, 0.15) is 10.9 Å². The molecule has 1 aliphatic heterocycles. The Labute approximate surface area is 124 Å². The number of nitrogens with two attached hydrogens (primary N) is 1. The molecule has 1 unspecified atom stereocenters. The summed E-state index contributed by atoms with van der Waals surface area (Å²) < 4.78 is 25.5. The van der Waals surface area contributed by atoms with Crippen molar-refractivity contribution in [1.29, 1.82) is 0 Å². The van der Waals surface area contributed by atoms with Crippen molar-refractivity contribution in [2.45, 2.75) is 23.8 Å². The fourth-order valence-corrected chi connectivity index (χ4v) is 3.22. The van der Waals surface area contributed by atoms with Crippen molar-refractivity contribution < 1.29 is 13.2 Å². The van der Waals surface area contributed by atoms with Crippen LogP contribution in [0.25, 0.3) is 0 Å². The summed E-state index contributed by atoms with van der Waals surface area (Å²) in [7, 11) is -0.721. The van der Waals surface area contributed by atoms with Crippen molar-refractivity contribution in [1.82, 2.24) is 9.62 Å². The smallest absolute Gasteiger partial charge is 0.244 e. The zero-order valence-electron chi connectivity index (χ0n) is 12.1. The highest BCUT2D eigenvalue weighted by atomic mass is 32.2. The molecule has 1 atom stereocenters. The third-order valence-corrected chi connectivity index (χ3v) is 5.31. The molecule has 0 aliphatic carbocycles. The van der Waals surface area contributed by atoms with Crippen LogP contribution in [0.4, 0.5) is 11.4 Å². The molecule has 0 saturated carbocycles. The van der Waals surface area contributed by atoms with Crippen LogP contribution in [0.1, 0.15) is 12.8 Å². The first-order valence-electron chi connectivity index (χ1n) is 6.69. The van der Waals surface area contributed by atoms with Gasteiger partial charge in [0.15, 0.2) is 0 Å². The van der Waals surface area contributed by atoms with Gasteiger partial charge in [-0.3, -0.25) is 4.79 Å². The first kappa shape index (κ1) is 15.6. The van der Waals surface area contributed by atoms with Gasteiger partial charge in [0.25, 0.3) is 0 Å². The van der Waals surface area contributed by atoms with E-state index >= 15 is 0 Å². The normalized spacial score (nSPS) is 19.4. The molecule has 7 nitrogen and oxygen atoms in total. The number of nitrogens with one attached hydrogen (secondary N) is 2. The van der Waals surface area contributed by atoms with E-state index in [1.54, 1.807) is 12.1 Å². The molecule has 21 heavy (non-hydrogen) atoms. The minimum Gasteiger partial charge on any atom is -0.396 e. The average molecular weight is 312 g/mol. The van der Waals surface area contributed by atoms with Crippen LogP contribution in [-0.4, -0.2) is 45.3 Å². The summed E-state index contributed by atoms with van der Waals surface area (Å²) in [4.78, 5) is 11.8. The molecule has 1 saturated heterocycles. The highest BCUT2D eigenvalue weighted by molar-refractivity contribution is 7.89. The van der Waals surface area contributed by atoms with Crippen molar-refractivity contribution in [3.8, 4) is 0 Å². The van der Waals surface area contributed by atoms with E-state index in [1.807, 2.05) is 0 Å². The predicted molar refractivity (Wildman–Crippen MR) is 81.4 cm³/mol. The monoisotopic (exact) mass is 312 g/mol. The van der Waals surface area contributed by atoms with Crippen molar-refractivity contribution in [2.24, 2.45) is 0 Å². The molecule has 1 aliphatic rings. The highest BCUT2D eigenvalue weighted by Crippen LogP contribution is 2.29. The van der Waals surface area contributed by atoms with Gasteiger partial charge in [-0.05, 0) is 25.0 Å². The Morgan fingerprint density at radius 2 is 2.10 bits per heavy atom. The number of hydrogen-bond donors (Lipinski definition) is 3. The Kier molecular flexibility index (Phi) is 4.38. The van der Waals surface area contributed by atoms with Crippen molar-refractivity contribution in [3.05, 3.63) is 18.2 Å². The molecule has 8 heteroatoms. The zero-order valence-corrected chi connectivity index (χ0v) is 12.9. The van der Waals surface area contributed by atoms with Gasteiger partial charge in [0.05, 0.1) is 11.4 Å². The van der Waals surface area contributed by atoms with Crippen molar-refractivity contribution in [2.75, 3.05) is 31.7 Å². The quantitative estimate of drug-likeness (QED) is 0.689. The topological polar surface area (TPSA) is 105 Å². The Bertz CT molecular complexity index is 643. The number of amides is 1. The maximum Gasteiger partial charge on any atom is 0.244 e. The molecule has 1 aromatic carbocycles. The third kappa shape index (κ3) is 3.11. The van der Waals surface area contributed by atoms with Crippen molar-refractivity contribution >= 4 is 27.3 Å². The molecule has 2 rings (SSSR count). The Hall–Kier alpha value is -1.80. The number of nitrogens with zero attached hydrogens (tertiary/aromatic N) is 1. The van der Waals surface area contributed by atoms with E-state index in [-0.39, 0.29) is 16.5 Å². The molecule has 0 spiro atoms. The second-order valence-electron chi connectivity index (χ2n) is 5.13. The van der Waals surface area contributed by atoms with Gasteiger partial charge in [0, 0.05) is 20.6 Å². The molecule has 0 aromatic heterocycles. The lowest BCUT2D eigenvalue weighted by molar-refractivity contribution is -0.123. The van der Waals surface area contributed by atoms with Gasteiger partial charge in [-0.15, -0.1) is 0 Å². The molecule has 116 valence electrons. The molecule has 0 bridgehead atoms. The van der Waals surface area contributed by atoms with E-state index in [4.69, 9.17) is 5.73 Å². The Balaban J connectivity index is 2.32. The van der Waals surface area contributed by atoms with Gasteiger partial charge >= 0.3 is 0 Å². The lowest BCUT2D eigenvalue weighted by atomic mass is 10.1. The molecule has 1 fully saturated rings. The number of benzene rings is 1. The van der Waals surface area contributed by atoms with Gasteiger partial charge in [-0.25, -0.2) is 12.7 Å². The first-order chi connectivity index (χ1) is 9.84. The standard InChI is InChI=1S/C13H20N4O3S/c1-17(2)21(19,20)11-7-3-5-9(12(11)14)16-10-6-4-8-15-13(10)18/h3,5,7,10,16H,4,6,8,14H2,1-2H3,(H,15,18). The van der Waals surface area contributed by atoms with E-state index in [0.717, 1.165) is 10.7 Å². The second-order valence-corrected chi connectivity index (χ2v) is 7.26. The van der Waals surface area contributed by atoms with E-state index < -0.39 is 16.1 Å². The molecular formula is C13H20N4O3S. The van der Waals surface area contributed by atoms with Gasteiger partial charge < -0.3 is 16.4 Å². The van der Waals surface area contributed by atoms with Crippen molar-refractivity contribution in [3.63, 3.8) is 0 Å². The summed E-state index contributed by atoms with van der Waals surface area (Å²) in [6.45, 7) is 0.668. The Morgan fingerprint density at radius 3 is 2.71 bits per heavy atom. The minimum absolute atomic E-state index is 0.0358. The van der Waals surface area contributed by atoms with E-state index in [2.05, 4.69) is 10.6 Å². The molecule has 1 amide bonds. The van der Waals surface area contributed by atoms with Crippen LogP contribution in [0.5, 0.6) is 0 Å². The third-order valence-electron chi connectivity index (χ3n) is 3.44. The number of carbonyl (C=O) groups is 1. The molecule has 1 heterocycles. The fourth-order valence-electron chi connectivity index (χ4n) is 2.19. The van der Waals surface area contributed by atoms with Crippen LogP contribution in [0.3, 0.4) is 0 Å². The number of piperidine rings is 1. The summed E-state index contributed by atoms with van der Waals surface area (Å²) in [6, 6.07) is 4.34. The highest BCUT2D eigenvalue weighted by Gasteiger charge is 2.25. The van der Waals surface area contributed by atoms with E-state index in [9.17, 15) is 13.2 Å². The minimum atomic E-state index is -3.62. The maximum absolute atomic E-state index is 12.2. The van der Waals surface area contributed by atoms with Crippen LogP contribution >= 0.6 is 0 Å². The van der Waals surface area contributed by atoms with Crippen LogP contribution in [0, 0.1) is 0 Å².